The lowest BCUT2D eigenvalue weighted by molar-refractivity contribution is 0.509. The van der Waals surface area contributed by atoms with E-state index in [-0.39, 0.29) is 0 Å². The van der Waals surface area contributed by atoms with Crippen molar-refractivity contribution in [2.75, 3.05) is 0 Å². The standard InChI is InChI=1S/C10H12N2/c1-2-4-9(5-3-1)10-6-11-8-12-7-10/h1,6-7,9H,2-5H2. The summed E-state index contributed by atoms with van der Waals surface area (Å²) in [5.41, 5.74) is 1.28. The van der Waals surface area contributed by atoms with Crippen molar-refractivity contribution in [2.45, 2.75) is 31.6 Å². The van der Waals surface area contributed by atoms with Crippen molar-refractivity contribution in [1.82, 2.24) is 9.97 Å². The molecule has 1 fully saturated rings. The minimum Gasteiger partial charge on any atom is -0.233 e. The Kier molecular flexibility index (Phi) is 2.35. The summed E-state index contributed by atoms with van der Waals surface area (Å²) in [4.78, 5) is 7.83. The van der Waals surface area contributed by atoms with Gasteiger partial charge in [-0.2, -0.15) is 0 Å². The lowest BCUT2D eigenvalue weighted by Crippen LogP contribution is -2.05. The Hall–Kier alpha value is -0.920. The molecule has 1 aromatic rings. The van der Waals surface area contributed by atoms with Gasteiger partial charge in [-0.3, -0.25) is 0 Å². The molecular weight excluding hydrogens is 148 g/mol. The molecule has 1 aliphatic carbocycles. The summed E-state index contributed by atoms with van der Waals surface area (Å²) < 4.78 is 0. The van der Waals surface area contributed by atoms with Crippen LogP contribution in [0, 0.1) is 12.7 Å². The van der Waals surface area contributed by atoms with Gasteiger partial charge in [-0.05, 0) is 43.6 Å². The van der Waals surface area contributed by atoms with E-state index in [0.717, 1.165) is 0 Å². The Bertz CT molecular complexity index is 227. The fourth-order valence-electron chi connectivity index (χ4n) is 1.74. The van der Waals surface area contributed by atoms with E-state index in [1.165, 1.54) is 31.2 Å². The fraction of sp³-hybridized carbons (Fsp3) is 0.500. The lowest BCUT2D eigenvalue weighted by atomic mass is 9.85. The molecule has 0 amide bonds. The molecule has 0 aromatic carbocycles. The van der Waals surface area contributed by atoms with Gasteiger partial charge in [0.25, 0.3) is 0 Å². The maximum absolute atomic E-state index is 3.91. The van der Waals surface area contributed by atoms with Gasteiger partial charge in [0.1, 0.15) is 0 Å². The van der Waals surface area contributed by atoms with Gasteiger partial charge in [-0.1, -0.05) is 0 Å². The van der Waals surface area contributed by atoms with Crippen LogP contribution < -0.4 is 0 Å². The average molecular weight is 160 g/mol. The van der Waals surface area contributed by atoms with Crippen molar-refractivity contribution in [1.29, 1.82) is 0 Å². The molecule has 1 aromatic heterocycles. The molecule has 1 aliphatic rings. The molecule has 2 heteroatoms. The van der Waals surface area contributed by atoms with E-state index in [1.807, 2.05) is 12.4 Å². The van der Waals surface area contributed by atoms with Crippen LogP contribution in [0.2, 0.25) is 0 Å². The largest absolute Gasteiger partial charge is 0.233 e. The van der Waals surface area contributed by atoms with Gasteiger partial charge >= 0.3 is 0 Å². The van der Waals surface area contributed by atoms with Gasteiger partial charge in [0.2, 0.25) is 0 Å². The van der Waals surface area contributed by atoms with Gasteiger partial charge in [-0.15, -0.1) is 0 Å². The van der Waals surface area contributed by atoms with Gasteiger partial charge in [0.05, 0.1) is 0 Å². The molecule has 2 rings (SSSR count). The zero-order chi connectivity index (χ0) is 8.23. The van der Waals surface area contributed by atoms with Gasteiger partial charge in [0.15, 0.2) is 6.33 Å². The van der Waals surface area contributed by atoms with E-state index in [0.29, 0.717) is 5.92 Å². The molecule has 0 unspecified atom stereocenters. The van der Waals surface area contributed by atoms with Crippen LogP contribution >= 0.6 is 0 Å². The highest BCUT2D eigenvalue weighted by Crippen LogP contribution is 2.30. The van der Waals surface area contributed by atoms with Crippen LogP contribution in [-0.4, -0.2) is 9.97 Å². The zero-order valence-corrected chi connectivity index (χ0v) is 7.03. The monoisotopic (exact) mass is 160 g/mol. The highest BCUT2D eigenvalue weighted by Gasteiger charge is 2.15. The van der Waals surface area contributed by atoms with E-state index >= 15 is 0 Å². The van der Waals surface area contributed by atoms with Crippen LogP contribution in [0.25, 0.3) is 0 Å². The third-order valence-electron chi connectivity index (χ3n) is 2.45. The highest BCUT2D eigenvalue weighted by molar-refractivity contribution is 5.11. The summed E-state index contributed by atoms with van der Waals surface area (Å²) in [5.74, 6) is 0.685. The summed E-state index contributed by atoms with van der Waals surface area (Å²) in [5, 5.41) is 0. The minimum atomic E-state index is 0.685. The van der Waals surface area contributed by atoms with E-state index in [4.69, 9.17) is 0 Å². The van der Waals surface area contributed by atoms with Crippen LogP contribution in [0.3, 0.4) is 0 Å². The molecule has 62 valence electrons. The molecule has 0 N–H and O–H groups in total. The van der Waals surface area contributed by atoms with E-state index in [9.17, 15) is 0 Å². The fourth-order valence-corrected chi connectivity index (χ4v) is 1.74. The zero-order valence-electron chi connectivity index (χ0n) is 7.03. The van der Waals surface area contributed by atoms with Crippen LogP contribution in [0.5, 0.6) is 0 Å². The Labute approximate surface area is 73.1 Å². The molecule has 12 heavy (non-hydrogen) atoms. The number of rotatable bonds is 1. The summed E-state index contributed by atoms with van der Waals surface area (Å²) >= 11 is 0. The van der Waals surface area contributed by atoms with Crippen molar-refractivity contribution < 1.29 is 0 Å². The first-order chi connectivity index (χ1) is 5.97. The van der Waals surface area contributed by atoms with E-state index < -0.39 is 0 Å². The average Bonchev–Trinajstić information content (AvgIpc) is 2.21. The highest BCUT2D eigenvalue weighted by atomic mass is 14.8. The topological polar surface area (TPSA) is 25.8 Å². The van der Waals surface area contributed by atoms with Gasteiger partial charge in [-0.25, -0.2) is 9.97 Å². The molecule has 0 spiro atoms. The molecule has 0 saturated heterocycles. The predicted molar refractivity (Wildman–Crippen MR) is 46.4 cm³/mol. The molecule has 2 radical (unpaired) electrons. The normalized spacial score (nSPS) is 19.3. The second-order valence-electron chi connectivity index (χ2n) is 3.26. The maximum atomic E-state index is 3.91. The van der Waals surface area contributed by atoms with Crippen LogP contribution in [0.1, 0.15) is 37.2 Å². The quantitative estimate of drug-likeness (QED) is 0.629. The van der Waals surface area contributed by atoms with Crippen molar-refractivity contribution in [2.24, 2.45) is 0 Å². The summed E-state index contributed by atoms with van der Waals surface area (Å²) in [7, 11) is 0. The third kappa shape index (κ3) is 1.63. The Morgan fingerprint density at radius 3 is 2.50 bits per heavy atom. The lowest BCUT2D eigenvalue weighted by Gasteiger charge is -2.20. The van der Waals surface area contributed by atoms with Crippen LogP contribution in [-0.2, 0) is 0 Å². The molecule has 0 aliphatic heterocycles. The minimum absolute atomic E-state index is 0.685. The Morgan fingerprint density at radius 2 is 1.83 bits per heavy atom. The van der Waals surface area contributed by atoms with Crippen molar-refractivity contribution in [3.05, 3.63) is 30.7 Å². The first kappa shape index (κ1) is 7.71. The first-order valence-electron chi connectivity index (χ1n) is 4.46. The molecule has 1 heterocycles. The first-order valence-corrected chi connectivity index (χ1v) is 4.46. The van der Waals surface area contributed by atoms with Crippen LogP contribution in [0.4, 0.5) is 0 Å². The second-order valence-corrected chi connectivity index (χ2v) is 3.26. The number of nitrogens with zero attached hydrogens (tertiary/aromatic N) is 2. The van der Waals surface area contributed by atoms with E-state index in [2.05, 4.69) is 22.7 Å². The molecular formula is C10H12N2. The molecule has 0 bridgehead atoms. The maximum Gasteiger partial charge on any atom is 0.197 e. The van der Waals surface area contributed by atoms with Crippen molar-refractivity contribution >= 4 is 0 Å². The Balaban J connectivity index is 2.08. The van der Waals surface area contributed by atoms with E-state index in [1.54, 1.807) is 0 Å². The summed E-state index contributed by atoms with van der Waals surface area (Å²) in [6.45, 7) is 0. The van der Waals surface area contributed by atoms with Crippen molar-refractivity contribution in [3.8, 4) is 0 Å². The number of hydrogen-bond donors (Lipinski definition) is 0. The van der Waals surface area contributed by atoms with Gasteiger partial charge < -0.3 is 0 Å². The number of aromatic nitrogens is 2. The predicted octanol–water partition coefficient (Wildman–Crippen LogP) is 2.14. The molecule has 2 nitrogen and oxygen atoms in total. The SMILES string of the molecule is [c]1ncc(C2CC[CH]CC2)cn1. The Morgan fingerprint density at radius 1 is 1.17 bits per heavy atom. The third-order valence-corrected chi connectivity index (χ3v) is 2.45. The second kappa shape index (κ2) is 3.65. The number of hydrogen-bond acceptors (Lipinski definition) is 2. The van der Waals surface area contributed by atoms with Crippen molar-refractivity contribution in [3.63, 3.8) is 0 Å². The summed E-state index contributed by atoms with van der Waals surface area (Å²) in [6, 6.07) is 0. The smallest absolute Gasteiger partial charge is 0.197 e. The van der Waals surface area contributed by atoms with Crippen LogP contribution in [0.15, 0.2) is 12.4 Å². The van der Waals surface area contributed by atoms with Gasteiger partial charge in [0, 0.05) is 12.4 Å². The molecule has 0 atom stereocenters. The summed E-state index contributed by atoms with van der Waals surface area (Å²) in [6.07, 6.45) is 13.7. The molecule has 1 saturated carbocycles.